The summed E-state index contributed by atoms with van der Waals surface area (Å²) in [4.78, 5) is 7.58. The van der Waals surface area contributed by atoms with E-state index in [-0.39, 0.29) is 0 Å². The normalized spacial score (nSPS) is 11.2. The lowest BCUT2D eigenvalue weighted by Gasteiger charge is -2.00. The van der Waals surface area contributed by atoms with Crippen LogP contribution >= 0.6 is 0 Å². The molecule has 1 aromatic carbocycles. The minimum Gasteiger partial charge on any atom is -0.383 e. The number of H-pyrrole nitrogens is 1. The number of aryl methyl sites for hydroxylation is 2. The zero-order valence-corrected chi connectivity index (χ0v) is 9.73. The van der Waals surface area contributed by atoms with Crippen LogP contribution in [0.15, 0.2) is 24.4 Å². The number of benzene rings is 1. The third kappa shape index (κ3) is 1.47. The molecule has 0 radical (unpaired) electrons. The number of nitrogens with one attached hydrogen (secondary N) is 1. The maximum absolute atomic E-state index is 5.96. The van der Waals surface area contributed by atoms with Crippen molar-refractivity contribution >= 4 is 16.9 Å². The Labute approximate surface area is 98.3 Å². The first-order chi connectivity index (χ1) is 8.15. The van der Waals surface area contributed by atoms with Gasteiger partial charge >= 0.3 is 0 Å². The summed E-state index contributed by atoms with van der Waals surface area (Å²) >= 11 is 0. The summed E-state index contributed by atoms with van der Waals surface area (Å²) in [6, 6.07) is 6.04. The average molecular weight is 227 g/mol. The van der Waals surface area contributed by atoms with Crippen LogP contribution in [0.2, 0.25) is 0 Å². The van der Waals surface area contributed by atoms with E-state index in [1.165, 1.54) is 0 Å². The number of imidazole rings is 1. The van der Waals surface area contributed by atoms with E-state index < -0.39 is 0 Å². The van der Waals surface area contributed by atoms with Gasteiger partial charge in [-0.1, -0.05) is 6.07 Å². The molecule has 0 saturated heterocycles. The molecule has 0 aliphatic heterocycles. The Kier molecular flexibility index (Phi) is 1.95. The number of hydrogen-bond acceptors (Lipinski definition) is 3. The van der Waals surface area contributed by atoms with Gasteiger partial charge in [0.2, 0.25) is 0 Å². The molecule has 0 aliphatic rings. The Morgan fingerprint density at radius 2 is 2.18 bits per heavy atom. The molecule has 0 fully saturated rings. The second-order valence-electron chi connectivity index (χ2n) is 4.12. The molecular weight excluding hydrogens is 214 g/mol. The van der Waals surface area contributed by atoms with Crippen LogP contribution in [0, 0.1) is 6.92 Å². The summed E-state index contributed by atoms with van der Waals surface area (Å²) in [6.45, 7) is 1.94. The van der Waals surface area contributed by atoms with Crippen molar-refractivity contribution in [1.29, 1.82) is 0 Å². The van der Waals surface area contributed by atoms with E-state index in [4.69, 9.17) is 5.73 Å². The first kappa shape index (κ1) is 9.89. The smallest absolute Gasteiger partial charge is 0.129 e. The van der Waals surface area contributed by atoms with E-state index in [0.29, 0.717) is 5.82 Å². The van der Waals surface area contributed by atoms with Crippen molar-refractivity contribution in [3.63, 3.8) is 0 Å². The van der Waals surface area contributed by atoms with E-state index >= 15 is 0 Å². The molecule has 0 amide bonds. The lowest BCUT2D eigenvalue weighted by atomic mass is 10.1. The van der Waals surface area contributed by atoms with Gasteiger partial charge in [-0.2, -0.15) is 5.10 Å². The van der Waals surface area contributed by atoms with Crippen molar-refractivity contribution in [2.75, 3.05) is 5.73 Å². The van der Waals surface area contributed by atoms with Crippen molar-refractivity contribution in [1.82, 2.24) is 19.7 Å². The molecule has 0 spiro atoms. The van der Waals surface area contributed by atoms with Gasteiger partial charge in [-0.25, -0.2) is 4.98 Å². The number of aromatic amines is 1. The zero-order valence-electron chi connectivity index (χ0n) is 9.73. The van der Waals surface area contributed by atoms with E-state index in [0.717, 1.165) is 28.0 Å². The van der Waals surface area contributed by atoms with E-state index in [1.807, 2.05) is 32.2 Å². The van der Waals surface area contributed by atoms with Crippen LogP contribution in [0.25, 0.3) is 22.2 Å². The van der Waals surface area contributed by atoms with Gasteiger partial charge in [0.1, 0.15) is 11.6 Å². The molecule has 17 heavy (non-hydrogen) atoms. The number of fused-ring (bicyclic) bond motifs is 1. The highest BCUT2D eigenvalue weighted by Gasteiger charge is 2.08. The standard InChI is InChI=1S/C12H13N5/c1-7-15-10-4-3-8(5-11(10)16-7)9-6-14-17(2)12(9)13/h3-6H,13H2,1-2H3,(H,15,16). The Bertz CT molecular complexity index is 692. The van der Waals surface area contributed by atoms with Crippen molar-refractivity contribution in [2.24, 2.45) is 7.05 Å². The van der Waals surface area contributed by atoms with Crippen LogP contribution in [0.3, 0.4) is 0 Å². The minimum absolute atomic E-state index is 0.667. The predicted molar refractivity (Wildman–Crippen MR) is 67.4 cm³/mol. The topological polar surface area (TPSA) is 72.5 Å². The van der Waals surface area contributed by atoms with Gasteiger partial charge in [0.15, 0.2) is 0 Å². The van der Waals surface area contributed by atoms with E-state index in [1.54, 1.807) is 10.9 Å². The fraction of sp³-hybridized carbons (Fsp3) is 0.167. The molecule has 3 N–H and O–H groups in total. The van der Waals surface area contributed by atoms with Gasteiger partial charge in [0.25, 0.3) is 0 Å². The molecular formula is C12H13N5. The number of nitrogens with zero attached hydrogens (tertiary/aromatic N) is 3. The molecule has 0 bridgehead atoms. The molecule has 86 valence electrons. The van der Waals surface area contributed by atoms with Crippen LogP contribution in [0.5, 0.6) is 0 Å². The Morgan fingerprint density at radius 3 is 2.88 bits per heavy atom. The minimum atomic E-state index is 0.667. The summed E-state index contributed by atoms with van der Waals surface area (Å²) in [5, 5.41) is 4.14. The van der Waals surface area contributed by atoms with Crippen LogP contribution in [0.4, 0.5) is 5.82 Å². The molecule has 3 rings (SSSR count). The molecule has 3 aromatic rings. The lowest BCUT2D eigenvalue weighted by Crippen LogP contribution is -1.97. The van der Waals surface area contributed by atoms with Gasteiger partial charge in [-0.05, 0) is 24.6 Å². The fourth-order valence-electron chi connectivity index (χ4n) is 1.97. The number of aromatic nitrogens is 4. The highest BCUT2D eigenvalue weighted by Crippen LogP contribution is 2.27. The van der Waals surface area contributed by atoms with Gasteiger partial charge in [0.05, 0.1) is 17.2 Å². The first-order valence-corrected chi connectivity index (χ1v) is 5.39. The largest absolute Gasteiger partial charge is 0.383 e. The second kappa shape index (κ2) is 3.35. The first-order valence-electron chi connectivity index (χ1n) is 5.39. The molecule has 2 aromatic heterocycles. The third-order valence-electron chi connectivity index (χ3n) is 2.90. The van der Waals surface area contributed by atoms with Gasteiger partial charge < -0.3 is 10.7 Å². The highest BCUT2D eigenvalue weighted by atomic mass is 15.3. The maximum atomic E-state index is 5.96. The number of hydrogen-bond donors (Lipinski definition) is 2. The quantitative estimate of drug-likeness (QED) is 0.666. The fourth-order valence-corrected chi connectivity index (χ4v) is 1.97. The predicted octanol–water partition coefficient (Wildman–Crippen LogP) is 1.85. The molecule has 0 saturated carbocycles. The summed E-state index contributed by atoms with van der Waals surface area (Å²) in [7, 11) is 1.83. The second-order valence-corrected chi connectivity index (χ2v) is 4.12. The Balaban J connectivity index is 2.20. The maximum Gasteiger partial charge on any atom is 0.129 e. The summed E-state index contributed by atoms with van der Waals surface area (Å²) in [6.07, 6.45) is 1.78. The molecule has 0 unspecified atom stereocenters. The number of nitrogens with two attached hydrogens (primary N) is 1. The lowest BCUT2D eigenvalue weighted by molar-refractivity contribution is 0.779. The number of anilines is 1. The van der Waals surface area contributed by atoms with Crippen LogP contribution in [0.1, 0.15) is 5.82 Å². The van der Waals surface area contributed by atoms with E-state index in [2.05, 4.69) is 15.1 Å². The molecule has 0 aliphatic carbocycles. The van der Waals surface area contributed by atoms with Gasteiger partial charge in [-0.15, -0.1) is 0 Å². The van der Waals surface area contributed by atoms with Crippen molar-refractivity contribution in [3.05, 3.63) is 30.2 Å². The third-order valence-corrected chi connectivity index (χ3v) is 2.90. The van der Waals surface area contributed by atoms with Gasteiger partial charge in [0, 0.05) is 12.6 Å². The molecule has 5 heteroatoms. The van der Waals surface area contributed by atoms with Crippen molar-refractivity contribution < 1.29 is 0 Å². The zero-order chi connectivity index (χ0) is 12.0. The van der Waals surface area contributed by atoms with Crippen LogP contribution in [-0.4, -0.2) is 19.7 Å². The Hall–Kier alpha value is -2.30. The monoisotopic (exact) mass is 227 g/mol. The average Bonchev–Trinajstić information content (AvgIpc) is 2.81. The molecule has 2 heterocycles. The molecule has 5 nitrogen and oxygen atoms in total. The number of rotatable bonds is 1. The van der Waals surface area contributed by atoms with Gasteiger partial charge in [-0.3, -0.25) is 4.68 Å². The van der Waals surface area contributed by atoms with Crippen molar-refractivity contribution in [2.45, 2.75) is 6.92 Å². The SMILES string of the molecule is Cc1nc2ccc(-c3cnn(C)c3N)cc2[nH]1. The van der Waals surface area contributed by atoms with Crippen LogP contribution < -0.4 is 5.73 Å². The summed E-state index contributed by atoms with van der Waals surface area (Å²) in [5.41, 5.74) is 9.94. The Morgan fingerprint density at radius 1 is 1.35 bits per heavy atom. The van der Waals surface area contributed by atoms with Crippen molar-refractivity contribution in [3.8, 4) is 11.1 Å². The van der Waals surface area contributed by atoms with Crippen LogP contribution in [-0.2, 0) is 7.05 Å². The summed E-state index contributed by atoms with van der Waals surface area (Å²) < 4.78 is 1.66. The number of nitrogen functional groups attached to an aromatic ring is 1. The molecule has 0 atom stereocenters. The highest BCUT2D eigenvalue weighted by molar-refractivity contribution is 5.84. The summed E-state index contributed by atoms with van der Waals surface area (Å²) in [5.74, 6) is 1.58. The van der Waals surface area contributed by atoms with E-state index in [9.17, 15) is 0 Å².